The van der Waals surface area contributed by atoms with Crippen molar-refractivity contribution in [1.82, 2.24) is 19.9 Å². The molecule has 0 N–H and O–H groups in total. The van der Waals surface area contributed by atoms with Crippen LogP contribution in [0.15, 0.2) is 18.6 Å². The molecule has 4 heterocycles. The van der Waals surface area contributed by atoms with E-state index in [1.165, 1.54) is 16.7 Å². The Labute approximate surface area is 147 Å². The molecule has 25 heavy (non-hydrogen) atoms. The minimum absolute atomic E-state index is 0.236. The van der Waals surface area contributed by atoms with Crippen molar-refractivity contribution in [2.45, 2.75) is 40.3 Å². The summed E-state index contributed by atoms with van der Waals surface area (Å²) < 4.78 is 0. The highest BCUT2D eigenvalue weighted by molar-refractivity contribution is 5.77. The van der Waals surface area contributed by atoms with E-state index in [-0.39, 0.29) is 5.91 Å². The summed E-state index contributed by atoms with van der Waals surface area (Å²) >= 11 is 0. The first kappa shape index (κ1) is 16.0. The maximum absolute atomic E-state index is 12.7. The van der Waals surface area contributed by atoms with E-state index in [0.29, 0.717) is 25.4 Å². The van der Waals surface area contributed by atoms with Gasteiger partial charge in [-0.1, -0.05) is 0 Å². The monoisotopic (exact) mass is 337 g/mol. The van der Waals surface area contributed by atoms with Crippen molar-refractivity contribution in [1.29, 1.82) is 0 Å². The first-order valence-electron chi connectivity index (χ1n) is 8.77. The lowest BCUT2D eigenvalue weighted by Gasteiger charge is -2.40. The van der Waals surface area contributed by atoms with Crippen LogP contribution < -0.4 is 4.90 Å². The summed E-state index contributed by atoms with van der Waals surface area (Å²) in [5.41, 5.74) is 5.92. The lowest BCUT2D eigenvalue weighted by atomic mass is 9.95. The molecule has 0 bridgehead atoms. The van der Waals surface area contributed by atoms with Gasteiger partial charge in [0.2, 0.25) is 5.91 Å². The Balaban J connectivity index is 1.35. The number of hydrogen-bond donors (Lipinski definition) is 0. The van der Waals surface area contributed by atoms with Crippen LogP contribution >= 0.6 is 0 Å². The fraction of sp³-hybridized carbons (Fsp3) is 0.474. The number of amides is 1. The largest absolute Gasteiger partial charge is 0.356 e. The molecule has 0 atom stereocenters. The Hall–Kier alpha value is -2.50. The Morgan fingerprint density at radius 1 is 1.20 bits per heavy atom. The molecule has 0 radical (unpaired) electrons. The number of carbonyl (C=O) groups is 1. The van der Waals surface area contributed by atoms with E-state index >= 15 is 0 Å². The number of pyridine rings is 1. The summed E-state index contributed by atoms with van der Waals surface area (Å²) in [6.45, 7) is 9.43. The minimum Gasteiger partial charge on any atom is -0.356 e. The molecule has 0 saturated carbocycles. The van der Waals surface area contributed by atoms with Crippen molar-refractivity contribution in [3.05, 3.63) is 46.7 Å². The molecule has 1 fully saturated rings. The summed E-state index contributed by atoms with van der Waals surface area (Å²) in [4.78, 5) is 29.7. The normalized spacial score (nSPS) is 16.8. The highest BCUT2D eigenvalue weighted by Gasteiger charge is 2.33. The van der Waals surface area contributed by atoms with Crippen LogP contribution in [0.1, 0.15) is 34.5 Å². The highest BCUT2D eigenvalue weighted by atomic mass is 16.2. The van der Waals surface area contributed by atoms with E-state index in [1.54, 1.807) is 12.5 Å². The van der Waals surface area contributed by atoms with Crippen molar-refractivity contribution < 1.29 is 4.79 Å². The third kappa shape index (κ3) is 2.86. The topological polar surface area (TPSA) is 62.2 Å². The third-order valence-electron chi connectivity index (χ3n) is 5.56. The quantitative estimate of drug-likeness (QED) is 0.859. The van der Waals surface area contributed by atoms with Crippen LogP contribution in [0.3, 0.4) is 0 Å². The van der Waals surface area contributed by atoms with Gasteiger partial charge in [-0.2, -0.15) is 0 Å². The summed E-state index contributed by atoms with van der Waals surface area (Å²) in [6.07, 6.45) is 3.92. The smallest absolute Gasteiger partial charge is 0.223 e. The second-order valence-corrected chi connectivity index (χ2v) is 7.16. The second kappa shape index (κ2) is 6.10. The standard InChI is InChI=1S/C19H23N5O/c1-12-13(2)16-9-24(10-17(16)22-14(12)3)19(25)6-15-7-23(8-15)18-4-5-20-11-21-18/h4-5,11,15H,6-10H2,1-3H3. The van der Waals surface area contributed by atoms with Gasteiger partial charge in [-0.15, -0.1) is 0 Å². The number of carbonyl (C=O) groups excluding carboxylic acids is 1. The van der Waals surface area contributed by atoms with E-state index in [0.717, 1.165) is 30.3 Å². The molecule has 2 aromatic rings. The Bertz CT molecular complexity index is 814. The number of hydrogen-bond acceptors (Lipinski definition) is 5. The Morgan fingerprint density at radius 3 is 2.72 bits per heavy atom. The molecular formula is C19H23N5O. The molecule has 1 amide bonds. The maximum Gasteiger partial charge on any atom is 0.223 e. The van der Waals surface area contributed by atoms with E-state index in [2.05, 4.69) is 28.7 Å². The van der Waals surface area contributed by atoms with Gasteiger partial charge in [0.25, 0.3) is 0 Å². The van der Waals surface area contributed by atoms with Gasteiger partial charge in [-0.25, -0.2) is 9.97 Å². The number of aryl methyl sites for hydroxylation is 1. The van der Waals surface area contributed by atoms with Crippen LogP contribution in [0.2, 0.25) is 0 Å². The van der Waals surface area contributed by atoms with Crippen LogP contribution in [-0.2, 0) is 17.9 Å². The average Bonchev–Trinajstić information content (AvgIpc) is 3.00. The molecular weight excluding hydrogens is 314 g/mol. The van der Waals surface area contributed by atoms with Crippen molar-refractivity contribution >= 4 is 11.7 Å². The zero-order valence-corrected chi connectivity index (χ0v) is 15.0. The molecule has 2 aromatic heterocycles. The van der Waals surface area contributed by atoms with Gasteiger partial charge in [-0.3, -0.25) is 9.78 Å². The van der Waals surface area contributed by atoms with Gasteiger partial charge in [0.1, 0.15) is 12.1 Å². The third-order valence-corrected chi connectivity index (χ3v) is 5.56. The molecule has 1 saturated heterocycles. The molecule has 130 valence electrons. The second-order valence-electron chi connectivity index (χ2n) is 7.16. The van der Waals surface area contributed by atoms with E-state index in [1.807, 2.05) is 17.9 Å². The van der Waals surface area contributed by atoms with Gasteiger partial charge in [0.05, 0.1) is 12.2 Å². The van der Waals surface area contributed by atoms with E-state index in [4.69, 9.17) is 4.98 Å². The first-order chi connectivity index (χ1) is 12.0. The van der Waals surface area contributed by atoms with Gasteiger partial charge in [0.15, 0.2) is 0 Å². The van der Waals surface area contributed by atoms with Crippen LogP contribution in [0.25, 0.3) is 0 Å². The molecule has 4 rings (SSSR count). The molecule has 0 aromatic carbocycles. The molecule has 2 aliphatic heterocycles. The van der Waals surface area contributed by atoms with Crippen molar-refractivity contribution in [2.24, 2.45) is 5.92 Å². The van der Waals surface area contributed by atoms with Gasteiger partial charge >= 0.3 is 0 Å². The molecule has 0 aliphatic carbocycles. The molecule has 6 heteroatoms. The summed E-state index contributed by atoms with van der Waals surface area (Å²) in [7, 11) is 0. The fourth-order valence-corrected chi connectivity index (χ4v) is 3.75. The number of nitrogens with zero attached hydrogens (tertiary/aromatic N) is 5. The van der Waals surface area contributed by atoms with Crippen molar-refractivity contribution in [3.8, 4) is 0 Å². The number of anilines is 1. The summed E-state index contributed by atoms with van der Waals surface area (Å²) in [5.74, 6) is 1.59. The van der Waals surface area contributed by atoms with Crippen molar-refractivity contribution in [2.75, 3.05) is 18.0 Å². The minimum atomic E-state index is 0.236. The van der Waals surface area contributed by atoms with Crippen LogP contribution in [0.4, 0.5) is 5.82 Å². The van der Waals surface area contributed by atoms with Gasteiger partial charge in [-0.05, 0) is 43.5 Å². The predicted octanol–water partition coefficient (Wildman–Crippen LogP) is 2.17. The summed E-state index contributed by atoms with van der Waals surface area (Å²) in [5, 5.41) is 0. The Kier molecular flexibility index (Phi) is 3.90. The predicted molar refractivity (Wildman–Crippen MR) is 95.1 cm³/mol. The fourth-order valence-electron chi connectivity index (χ4n) is 3.75. The lowest BCUT2D eigenvalue weighted by molar-refractivity contribution is -0.133. The van der Waals surface area contributed by atoms with Crippen LogP contribution in [-0.4, -0.2) is 38.8 Å². The zero-order valence-electron chi connectivity index (χ0n) is 15.0. The van der Waals surface area contributed by atoms with Crippen LogP contribution in [0.5, 0.6) is 0 Å². The van der Waals surface area contributed by atoms with Gasteiger partial charge < -0.3 is 9.80 Å². The molecule has 6 nitrogen and oxygen atoms in total. The molecule has 0 spiro atoms. The molecule has 0 unspecified atom stereocenters. The van der Waals surface area contributed by atoms with Crippen LogP contribution in [0, 0.1) is 26.7 Å². The summed E-state index contributed by atoms with van der Waals surface area (Å²) in [6, 6.07) is 1.91. The number of aromatic nitrogens is 3. The lowest BCUT2D eigenvalue weighted by Crippen LogP contribution is -2.49. The number of rotatable bonds is 3. The SMILES string of the molecule is Cc1nc2c(c(C)c1C)CN(C(=O)CC1CN(c3ccncn3)C1)C2. The Morgan fingerprint density at radius 2 is 2.00 bits per heavy atom. The van der Waals surface area contributed by atoms with E-state index < -0.39 is 0 Å². The van der Waals surface area contributed by atoms with E-state index in [9.17, 15) is 4.79 Å². The maximum atomic E-state index is 12.7. The average molecular weight is 337 g/mol. The van der Waals surface area contributed by atoms with Crippen molar-refractivity contribution in [3.63, 3.8) is 0 Å². The zero-order chi connectivity index (χ0) is 17.6. The van der Waals surface area contributed by atoms with Gasteiger partial charge in [0, 0.05) is 43.9 Å². The number of fused-ring (bicyclic) bond motifs is 1. The molecule has 2 aliphatic rings. The first-order valence-corrected chi connectivity index (χ1v) is 8.77. The highest BCUT2D eigenvalue weighted by Crippen LogP contribution is 2.30.